The van der Waals surface area contributed by atoms with Crippen LogP contribution >= 0.6 is 0 Å². The summed E-state index contributed by atoms with van der Waals surface area (Å²) in [6.45, 7) is 5.69. The third kappa shape index (κ3) is 2.33. The summed E-state index contributed by atoms with van der Waals surface area (Å²) in [6, 6.07) is 2.80. The topological polar surface area (TPSA) is 46.5 Å². The smallest absolute Gasteiger partial charge is 0.189 e. The first kappa shape index (κ1) is 14.8. The molecule has 2 heterocycles. The first-order chi connectivity index (χ1) is 10.7. The maximum Gasteiger partial charge on any atom is 0.189 e. The van der Waals surface area contributed by atoms with E-state index in [-0.39, 0.29) is 5.43 Å². The predicted octanol–water partition coefficient (Wildman–Crippen LogP) is 1.58. The van der Waals surface area contributed by atoms with Crippen LogP contribution in [-0.4, -0.2) is 37.9 Å². The highest BCUT2D eigenvalue weighted by atomic mass is 19.1. The van der Waals surface area contributed by atoms with E-state index in [0.29, 0.717) is 42.0 Å². The molecule has 0 amide bonds. The third-order valence-electron chi connectivity index (χ3n) is 4.12. The average Bonchev–Trinajstić information content (AvgIpc) is 2.55. The number of hydrogen-bond acceptors (Lipinski definition) is 4. The van der Waals surface area contributed by atoms with Gasteiger partial charge in [0.2, 0.25) is 0 Å². The number of methoxy groups -OCH3 is 1. The molecule has 0 spiro atoms. The number of ether oxygens (including phenoxy) is 1. The monoisotopic (exact) mass is 305 g/mol. The number of nitrogens with zero attached hydrogens (tertiary/aromatic N) is 2. The number of aromatic nitrogens is 1. The van der Waals surface area contributed by atoms with Crippen molar-refractivity contribution in [3.05, 3.63) is 34.4 Å². The Bertz CT molecular complexity index is 751. The van der Waals surface area contributed by atoms with Crippen LogP contribution in [0.1, 0.15) is 6.92 Å². The van der Waals surface area contributed by atoms with E-state index in [9.17, 15) is 9.18 Å². The molecule has 6 heteroatoms. The van der Waals surface area contributed by atoms with Gasteiger partial charge in [0.1, 0.15) is 5.69 Å². The molecule has 2 aromatic rings. The molecule has 5 nitrogen and oxygen atoms in total. The van der Waals surface area contributed by atoms with Gasteiger partial charge in [-0.3, -0.25) is 4.79 Å². The minimum atomic E-state index is -0.405. The first-order valence-electron chi connectivity index (χ1n) is 7.52. The van der Waals surface area contributed by atoms with Crippen LogP contribution < -0.4 is 20.4 Å². The van der Waals surface area contributed by atoms with Gasteiger partial charge in [0.15, 0.2) is 17.0 Å². The maximum atomic E-state index is 14.7. The summed E-state index contributed by atoms with van der Waals surface area (Å²) in [6.07, 6.45) is 1.73. The van der Waals surface area contributed by atoms with E-state index >= 15 is 0 Å². The number of rotatable bonds is 3. The molecule has 3 rings (SSSR count). The SMILES string of the molecule is CCn1ccc(=O)c2cc(F)c(N3CCNCC3)c(OC)c21. The highest BCUT2D eigenvalue weighted by Gasteiger charge is 2.23. The van der Waals surface area contributed by atoms with Gasteiger partial charge < -0.3 is 19.5 Å². The largest absolute Gasteiger partial charge is 0.492 e. The highest BCUT2D eigenvalue weighted by molar-refractivity contribution is 5.91. The molecule has 0 aliphatic carbocycles. The van der Waals surface area contributed by atoms with Crippen molar-refractivity contribution in [1.29, 1.82) is 0 Å². The lowest BCUT2D eigenvalue weighted by atomic mass is 10.1. The van der Waals surface area contributed by atoms with Crippen LogP contribution in [0.5, 0.6) is 5.75 Å². The molecule has 0 radical (unpaired) electrons. The van der Waals surface area contributed by atoms with Gasteiger partial charge in [0.05, 0.1) is 18.0 Å². The van der Waals surface area contributed by atoms with E-state index in [1.54, 1.807) is 6.20 Å². The highest BCUT2D eigenvalue weighted by Crippen LogP contribution is 2.37. The van der Waals surface area contributed by atoms with E-state index in [0.717, 1.165) is 13.1 Å². The van der Waals surface area contributed by atoms with Gasteiger partial charge in [0, 0.05) is 45.0 Å². The predicted molar refractivity (Wildman–Crippen MR) is 85.5 cm³/mol. The van der Waals surface area contributed by atoms with Crippen molar-refractivity contribution in [2.45, 2.75) is 13.5 Å². The maximum absolute atomic E-state index is 14.7. The van der Waals surface area contributed by atoms with E-state index in [2.05, 4.69) is 5.32 Å². The van der Waals surface area contributed by atoms with E-state index in [1.807, 2.05) is 16.4 Å². The number of anilines is 1. The number of benzene rings is 1. The fourth-order valence-corrected chi connectivity index (χ4v) is 3.04. The minimum Gasteiger partial charge on any atom is -0.492 e. The second kappa shape index (κ2) is 5.96. The summed E-state index contributed by atoms with van der Waals surface area (Å²) in [5.74, 6) is 0.0358. The van der Waals surface area contributed by atoms with Gasteiger partial charge in [-0.2, -0.15) is 0 Å². The van der Waals surface area contributed by atoms with Crippen molar-refractivity contribution >= 4 is 16.6 Å². The van der Waals surface area contributed by atoms with Gasteiger partial charge in [-0.25, -0.2) is 4.39 Å². The summed E-state index contributed by atoms with van der Waals surface area (Å²) in [4.78, 5) is 14.1. The fraction of sp³-hybridized carbons (Fsp3) is 0.438. The molecule has 1 aliphatic heterocycles. The van der Waals surface area contributed by atoms with Crippen molar-refractivity contribution < 1.29 is 9.13 Å². The van der Waals surface area contributed by atoms with Crippen LogP contribution in [0.25, 0.3) is 10.9 Å². The van der Waals surface area contributed by atoms with Crippen LogP contribution in [0.15, 0.2) is 23.1 Å². The molecule has 0 saturated carbocycles. The van der Waals surface area contributed by atoms with Crippen molar-refractivity contribution in [2.75, 3.05) is 38.2 Å². The normalized spacial score (nSPS) is 15.3. The van der Waals surface area contributed by atoms with Gasteiger partial charge in [-0.1, -0.05) is 0 Å². The molecule has 118 valence electrons. The molecule has 0 atom stereocenters. The Morgan fingerprint density at radius 1 is 1.36 bits per heavy atom. The minimum absolute atomic E-state index is 0.191. The van der Waals surface area contributed by atoms with Crippen LogP contribution in [0, 0.1) is 5.82 Å². The molecular weight excluding hydrogens is 285 g/mol. The summed E-state index contributed by atoms with van der Waals surface area (Å²) < 4.78 is 22.1. The van der Waals surface area contributed by atoms with Crippen LogP contribution in [0.3, 0.4) is 0 Å². The zero-order valence-corrected chi connectivity index (χ0v) is 12.9. The Balaban J connectivity index is 2.32. The van der Waals surface area contributed by atoms with Gasteiger partial charge >= 0.3 is 0 Å². The van der Waals surface area contributed by atoms with Crippen LogP contribution in [0.2, 0.25) is 0 Å². The molecular formula is C16H20FN3O2. The molecule has 0 bridgehead atoms. The zero-order chi connectivity index (χ0) is 15.7. The standard InChI is InChI=1S/C16H20FN3O2/c1-3-19-7-4-13(21)11-10-12(17)15(16(22-2)14(11)19)20-8-5-18-6-9-20/h4,7,10,18H,3,5-6,8-9H2,1-2H3. The molecule has 22 heavy (non-hydrogen) atoms. The van der Waals surface area contributed by atoms with Gasteiger partial charge in [0.25, 0.3) is 0 Å². The lowest BCUT2D eigenvalue weighted by Crippen LogP contribution is -2.44. The molecule has 1 fully saturated rings. The molecule has 1 saturated heterocycles. The number of piperazine rings is 1. The summed E-state index contributed by atoms with van der Waals surface area (Å²) in [5.41, 5.74) is 0.917. The molecule has 1 aliphatic rings. The number of halogens is 1. The molecule has 0 unspecified atom stereocenters. The fourth-order valence-electron chi connectivity index (χ4n) is 3.04. The molecule has 1 aromatic carbocycles. The number of fused-ring (bicyclic) bond motifs is 1. The number of hydrogen-bond donors (Lipinski definition) is 1. The lowest BCUT2D eigenvalue weighted by molar-refractivity contribution is 0.411. The number of aryl methyl sites for hydroxylation is 1. The second-order valence-electron chi connectivity index (χ2n) is 5.34. The number of nitrogens with one attached hydrogen (secondary N) is 1. The van der Waals surface area contributed by atoms with E-state index in [1.165, 1.54) is 19.2 Å². The van der Waals surface area contributed by atoms with Gasteiger partial charge in [-0.15, -0.1) is 0 Å². The van der Waals surface area contributed by atoms with E-state index < -0.39 is 5.82 Å². The molecule has 1 N–H and O–H groups in total. The second-order valence-corrected chi connectivity index (χ2v) is 5.34. The van der Waals surface area contributed by atoms with E-state index in [4.69, 9.17) is 4.74 Å². The lowest BCUT2D eigenvalue weighted by Gasteiger charge is -2.31. The van der Waals surface area contributed by atoms with Crippen molar-refractivity contribution in [3.8, 4) is 5.75 Å². The van der Waals surface area contributed by atoms with Gasteiger partial charge in [-0.05, 0) is 13.0 Å². The molecule has 1 aromatic heterocycles. The number of pyridine rings is 1. The van der Waals surface area contributed by atoms with Crippen molar-refractivity contribution in [1.82, 2.24) is 9.88 Å². The summed E-state index contributed by atoms with van der Waals surface area (Å²) in [7, 11) is 1.53. The zero-order valence-electron chi connectivity index (χ0n) is 12.9. The third-order valence-corrected chi connectivity index (χ3v) is 4.12. The average molecular weight is 305 g/mol. The Labute approximate surface area is 128 Å². The Morgan fingerprint density at radius 3 is 2.73 bits per heavy atom. The van der Waals surface area contributed by atoms with Crippen LogP contribution in [0.4, 0.5) is 10.1 Å². The Morgan fingerprint density at radius 2 is 2.09 bits per heavy atom. The van der Waals surface area contributed by atoms with Crippen molar-refractivity contribution in [2.24, 2.45) is 0 Å². The quantitative estimate of drug-likeness (QED) is 0.935. The Hall–Kier alpha value is -2.08. The first-order valence-corrected chi connectivity index (χ1v) is 7.52. The van der Waals surface area contributed by atoms with Crippen molar-refractivity contribution in [3.63, 3.8) is 0 Å². The van der Waals surface area contributed by atoms with Crippen LogP contribution in [-0.2, 0) is 6.54 Å². The summed E-state index contributed by atoms with van der Waals surface area (Å²) >= 11 is 0. The summed E-state index contributed by atoms with van der Waals surface area (Å²) in [5, 5.41) is 3.61. The Kier molecular flexibility index (Phi) is 4.02.